The van der Waals surface area contributed by atoms with Crippen LogP contribution in [0.5, 0.6) is 0 Å². The predicted octanol–water partition coefficient (Wildman–Crippen LogP) is 6.94. The zero-order valence-electron chi connectivity index (χ0n) is 18.3. The summed E-state index contributed by atoms with van der Waals surface area (Å²) < 4.78 is 35.0. The molecule has 3 aromatic heterocycles. The maximum absolute atomic E-state index is 13.8. The third-order valence-corrected chi connectivity index (χ3v) is 6.77. The van der Waals surface area contributed by atoms with Gasteiger partial charge in [-0.25, -0.2) is 13.8 Å². The summed E-state index contributed by atoms with van der Waals surface area (Å²) in [6, 6.07) is 2.18. The SMILES string of the molecule is CCCCC(c1cn(C)c2ncc(-c3c(C)noc3C)cc12)C1CCC(F)(F)CC1. The first-order valence-electron chi connectivity index (χ1n) is 11.1. The van der Waals surface area contributed by atoms with Crippen molar-refractivity contribution in [2.24, 2.45) is 13.0 Å². The van der Waals surface area contributed by atoms with Gasteiger partial charge in [0.2, 0.25) is 5.92 Å². The van der Waals surface area contributed by atoms with Crippen LogP contribution in [0.25, 0.3) is 22.2 Å². The number of alkyl halides is 2. The molecule has 1 fully saturated rings. The van der Waals surface area contributed by atoms with Crippen LogP contribution in [0.4, 0.5) is 8.78 Å². The van der Waals surface area contributed by atoms with Gasteiger partial charge in [-0.15, -0.1) is 0 Å². The summed E-state index contributed by atoms with van der Waals surface area (Å²) in [5, 5.41) is 5.20. The Labute approximate surface area is 176 Å². The zero-order valence-corrected chi connectivity index (χ0v) is 18.3. The Balaban J connectivity index is 1.77. The quantitative estimate of drug-likeness (QED) is 0.438. The molecule has 0 aliphatic heterocycles. The van der Waals surface area contributed by atoms with E-state index in [0.29, 0.717) is 18.8 Å². The molecule has 0 saturated heterocycles. The number of hydrogen-bond acceptors (Lipinski definition) is 3. The van der Waals surface area contributed by atoms with E-state index in [0.717, 1.165) is 52.9 Å². The number of hydrogen-bond donors (Lipinski definition) is 0. The van der Waals surface area contributed by atoms with Gasteiger partial charge >= 0.3 is 0 Å². The summed E-state index contributed by atoms with van der Waals surface area (Å²) in [7, 11) is 2.01. The summed E-state index contributed by atoms with van der Waals surface area (Å²) >= 11 is 0. The van der Waals surface area contributed by atoms with E-state index >= 15 is 0 Å². The van der Waals surface area contributed by atoms with E-state index in [9.17, 15) is 8.78 Å². The lowest BCUT2D eigenvalue weighted by molar-refractivity contribution is -0.0488. The number of pyridine rings is 1. The maximum atomic E-state index is 13.8. The summed E-state index contributed by atoms with van der Waals surface area (Å²) in [6.45, 7) is 6.04. The number of fused-ring (bicyclic) bond motifs is 1. The second-order valence-corrected chi connectivity index (χ2v) is 8.93. The summed E-state index contributed by atoms with van der Waals surface area (Å²) in [6.07, 6.45) is 8.48. The highest BCUT2D eigenvalue weighted by molar-refractivity contribution is 5.86. The van der Waals surface area contributed by atoms with Crippen molar-refractivity contribution in [1.82, 2.24) is 14.7 Å². The van der Waals surface area contributed by atoms with E-state index < -0.39 is 5.92 Å². The molecule has 1 atom stereocenters. The van der Waals surface area contributed by atoms with E-state index in [1.807, 2.05) is 27.1 Å². The van der Waals surface area contributed by atoms with Crippen LogP contribution in [0, 0.1) is 19.8 Å². The Morgan fingerprint density at radius 1 is 1.27 bits per heavy atom. The molecule has 0 aromatic carbocycles. The first kappa shape index (κ1) is 21.0. The van der Waals surface area contributed by atoms with Crippen molar-refractivity contribution in [2.45, 2.75) is 77.6 Å². The number of aromatic nitrogens is 3. The van der Waals surface area contributed by atoms with Gasteiger partial charge in [-0.05, 0) is 56.6 Å². The lowest BCUT2D eigenvalue weighted by Crippen LogP contribution is -2.27. The molecule has 4 rings (SSSR count). The topological polar surface area (TPSA) is 43.9 Å². The van der Waals surface area contributed by atoms with Crippen molar-refractivity contribution in [2.75, 3.05) is 0 Å². The van der Waals surface area contributed by atoms with Crippen molar-refractivity contribution in [3.8, 4) is 11.1 Å². The van der Waals surface area contributed by atoms with Crippen LogP contribution in [0.2, 0.25) is 0 Å². The molecule has 0 amide bonds. The second kappa shape index (κ2) is 8.12. The molecular formula is C24H31F2N3O. The minimum absolute atomic E-state index is 0.00758. The Kier molecular flexibility index (Phi) is 5.69. The zero-order chi connectivity index (χ0) is 21.5. The molecule has 162 valence electrons. The molecule has 0 spiro atoms. The number of nitrogens with zero attached hydrogens (tertiary/aromatic N) is 3. The molecule has 3 aromatic rings. The summed E-state index contributed by atoms with van der Waals surface area (Å²) in [5.41, 5.74) is 5.01. The highest BCUT2D eigenvalue weighted by Gasteiger charge is 2.38. The molecule has 4 nitrogen and oxygen atoms in total. The molecule has 0 N–H and O–H groups in total. The van der Waals surface area contributed by atoms with Crippen molar-refractivity contribution in [1.29, 1.82) is 0 Å². The van der Waals surface area contributed by atoms with E-state index in [4.69, 9.17) is 9.51 Å². The number of rotatable bonds is 6. The average Bonchev–Trinajstić information content (AvgIpc) is 3.22. The van der Waals surface area contributed by atoms with Gasteiger partial charge in [0.25, 0.3) is 0 Å². The molecule has 6 heteroatoms. The van der Waals surface area contributed by atoms with Crippen molar-refractivity contribution in [3.05, 3.63) is 35.5 Å². The molecule has 1 aliphatic rings. The molecule has 0 bridgehead atoms. The van der Waals surface area contributed by atoms with Crippen LogP contribution in [-0.4, -0.2) is 20.6 Å². The molecule has 1 saturated carbocycles. The monoisotopic (exact) mass is 415 g/mol. The minimum Gasteiger partial charge on any atom is -0.361 e. The van der Waals surface area contributed by atoms with Crippen LogP contribution >= 0.6 is 0 Å². The molecule has 1 aliphatic carbocycles. The largest absolute Gasteiger partial charge is 0.361 e. The lowest BCUT2D eigenvalue weighted by Gasteiger charge is -2.34. The normalized spacial score (nSPS) is 18.2. The summed E-state index contributed by atoms with van der Waals surface area (Å²) in [5.74, 6) is -1.14. The maximum Gasteiger partial charge on any atom is 0.248 e. The number of halogens is 2. The Bertz CT molecular complexity index is 1010. The van der Waals surface area contributed by atoms with Crippen molar-refractivity contribution >= 4 is 11.0 Å². The van der Waals surface area contributed by atoms with Gasteiger partial charge in [0.1, 0.15) is 11.4 Å². The standard InChI is InChI=1S/C24H31F2N3O/c1-5-6-7-19(17-8-10-24(25,26)11-9-17)21-14-29(4)23-20(21)12-18(13-27-23)22-15(2)28-30-16(22)3/h12-14,17,19H,5-11H2,1-4H3. The highest BCUT2D eigenvalue weighted by Crippen LogP contribution is 2.46. The first-order valence-corrected chi connectivity index (χ1v) is 11.1. The van der Waals surface area contributed by atoms with Gasteiger partial charge in [-0.2, -0.15) is 0 Å². The predicted molar refractivity (Wildman–Crippen MR) is 115 cm³/mol. The smallest absolute Gasteiger partial charge is 0.248 e. The Hall–Kier alpha value is -2.24. The fraction of sp³-hybridized carbons (Fsp3) is 0.583. The fourth-order valence-corrected chi connectivity index (χ4v) is 5.15. The molecule has 0 radical (unpaired) electrons. The van der Waals surface area contributed by atoms with Crippen LogP contribution in [0.1, 0.15) is 74.8 Å². The van der Waals surface area contributed by atoms with Gasteiger partial charge in [0, 0.05) is 48.8 Å². The Morgan fingerprint density at radius 2 is 2.00 bits per heavy atom. The average molecular weight is 416 g/mol. The molecule has 1 unspecified atom stereocenters. The van der Waals surface area contributed by atoms with E-state index in [1.165, 1.54) is 5.56 Å². The van der Waals surface area contributed by atoms with Crippen molar-refractivity contribution < 1.29 is 13.3 Å². The fourth-order valence-electron chi connectivity index (χ4n) is 5.15. The van der Waals surface area contributed by atoms with Gasteiger partial charge in [-0.1, -0.05) is 24.9 Å². The molecular weight excluding hydrogens is 384 g/mol. The van der Waals surface area contributed by atoms with Gasteiger partial charge in [-0.3, -0.25) is 0 Å². The van der Waals surface area contributed by atoms with Crippen LogP contribution < -0.4 is 0 Å². The van der Waals surface area contributed by atoms with Crippen LogP contribution in [-0.2, 0) is 7.05 Å². The van der Waals surface area contributed by atoms with Crippen LogP contribution in [0.3, 0.4) is 0 Å². The third kappa shape index (κ3) is 3.88. The highest BCUT2D eigenvalue weighted by atomic mass is 19.3. The van der Waals surface area contributed by atoms with Crippen molar-refractivity contribution in [3.63, 3.8) is 0 Å². The van der Waals surface area contributed by atoms with E-state index in [-0.39, 0.29) is 18.8 Å². The molecule has 3 heterocycles. The lowest BCUT2D eigenvalue weighted by atomic mass is 9.73. The van der Waals surface area contributed by atoms with E-state index in [2.05, 4.69) is 28.9 Å². The number of unbranched alkanes of at least 4 members (excludes halogenated alkanes) is 1. The third-order valence-electron chi connectivity index (χ3n) is 6.77. The van der Waals surface area contributed by atoms with Crippen LogP contribution in [0.15, 0.2) is 23.0 Å². The van der Waals surface area contributed by atoms with Gasteiger partial charge < -0.3 is 9.09 Å². The summed E-state index contributed by atoms with van der Waals surface area (Å²) in [4.78, 5) is 4.74. The minimum atomic E-state index is -2.50. The number of aryl methyl sites for hydroxylation is 3. The second-order valence-electron chi connectivity index (χ2n) is 8.93. The first-order chi connectivity index (χ1) is 14.3. The van der Waals surface area contributed by atoms with Gasteiger partial charge in [0.05, 0.1) is 5.69 Å². The molecule has 30 heavy (non-hydrogen) atoms. The van der Waals surface area contributed by atoms with Gasteiger partial charge in [0.15, 0.2) is 0 Å². The Morgan fingerprint density at radius 3 is 2.63 bits per heavy atom. The van der Waals surface area contributed by atoms with E-state index in [1.54, 1.807) is 0 Å².